The molecule has 22 heavy (non-hydrogen) atoms. The maximum atomic E-state index is 12.0. The van der Waals surface area contributed by atoms with E-state index in [0.717, 1.165) is 0 Å². The van der Waals surface area contributed by atoms with Crippen LogP contribution in [0.2, 0.25) is 0 Å². The first-order chi connectivity index (χ1) is 10.5. The molecule has 2 aromatic carbocycles. The van der Waals surface area contributed by atoms with E-state index in [2.05, 4.69) is 0 Å². The van der Waals surface area contributed by atoms with E-state index in [1.807, 2.05) is 6.07 Å². The third-order valence-corrected chi connectivity index (χ3v) is 2.92. The first kappa shape index (κ1) is 17.5. The van der Waals surface area contributed by atoms with Crippen molar-refractivity contribution in [3.63, 3.8) is 0 Å². The molecule has 0 saturated carbocycles. The lowest BCUT2D eigenvalue weighted by molar-refractivity contribution is -0.384. The normalized spacial score (nSPS) is 9.36. The largest absolute Gasteiger partial charge is 0.289 e. The summed E-state index contributed by atoms with van der Waals surface area (Å²) in [5.74, 6) is -0.138. The Hall–Kier alpha value is -2.53. The Morgan fingerprint density at radius 3 is 1.86 bits per heavy atom. The lowest BCUT2D eigenvalue weighted by Crippen LogP contribution is -2.00. The van der Waals surface area contributed by atoms with Gasteiger partial charge in [-0.1, -0.05) is 37.3 Å². The number of carbonyl (C=O) groups excluding carboxylic acids is 2. The van der Waals surface area contributed by atoms with Crippen molar-refractivity contribution in [3.05, 3.63) is 75.8 Å². The van der Waals surface area contributed by atoms with E-state index in [0.29, 0.717) is 17.5 Å². The molecule has 2 rings (SSSR count). The third-order valence-electron chi connectivity index (χ3n) is 2.65. The van der Waals surface area contributed by atoms with Crippen LogP contribution in [-0.4, -0.2) is 15.9 Å². The van der Waals surface area contributed by atoms with Crippen LogP contribution in [0.15, 0.2) is 54.6 Å². The highest BCUT2D eigenvalue weighted by molar-refractivity contribution is 6.63. The van der Waals surface area contributed by atoms with E-state index >= 15 is 0 Å². The van der Waals surface area contributed by atoms with Crippen molar-refractivity contribution in [2.24, 2.45) is 0 Å². The molecule has 5 nitrogen and oxygen atoms in total. The number of carbonyl (C=O) groups is 2. The maximum Gasteiger partial charge on any atom is 0.269 e. The van der Waals surface area contributed by atoms with Crippen molar-refractivity contribution < 1.29 is 14.5 Å². The van der Waals surface area contributed by atoms with E-state index in [4.69, 9.17) is 11.6 Å². The van der Waals surface area contributed by atoms with Gasteiger partial charge in [0.1, 0.15) is 0 Å². The average Bonchev–Trinajstić information content (AvgIpc) is 2.55. The number of nitro groups is 1. The van der Waals surface area contributed by atoms with Crippen LogP contribution < -0.4 is 0 Å². The number of rotatable bonds is 4. The number of ketones is 1. The highest BCUT2D eigenvalue weighted by Gasteiger charge is 2.10. The number of nitrogens with zero attached hydrogens (tertiary/aromatic N) is 1. The smallest absolute Gasteiger partial charge is 0.269 e. The first-order valence-corrected chi connectivity index (χ1v) is 6.86. The Morgan fingerprint density at radius 1 is 1.00 bits per heavy atom. The van der Waals surface area contributed by atoms with Gasteiger partial charge < -0.3 is 0 Å². The summed E-state index contributed by atoms with van der Waals surface area (Å²) in [5, 5.41) is 10.2. The van der Waals surface area contributed by atoms with Gasteiger partial charge in [-0.2, -0.15) is 0 Å². The van der Waals surface area contributed by atoms with Gasteiger partial charge in [-0.15, -0.1) is 0 Å². The van der Waals surface area contributed by atoms with Crippen LogP contribution in [0, 0.1) is 10.1 Å². The maximum absolute atomic E-state index is 12.0. The molecule has 0 aliphatic heterocycles. The van der Waals surface area contributed by atoms with Gasteiger partial charge in [0.2, 0.25) is 5.24 Å². The van der Waals surface area contributed by atoms with Crippen LogP contribution in [-0.2, 0) is 4.79 Å². The number of non-ortho nitro benzene ring substituents is 1. The molecule has 0 heterocycles. The molecule has 114 valence electrons. The third kappa shape index (κ3) is 5.46. The minimum Gasteiger partial charge on any atom is -0.289 e. The Bertz CT molecular complexity index is 654. The van der Waals surface area contributed by atoms with Gasteiger partial charge in [0.05, 0.1) is 4.92 Å². The molecular formula is C16H14ClNO4. The minimum atomic E-state index is -0.489. The van der Waals surface area contributed by atoms with Crippen LogP contribution in [0.3, 0.4) is 0 Å². The molecule has 0 amide bonds. The van der Waals surface area contributed by atoms with E-state index < -0.39 is 4.92 Å². The lowest BCUT2D eigenvalue weighted by atomic mass is 10.0. The van der Waals surface area contributed by atoms with Gasteiger partial charge in [-0.25, -0.2) is 0 Å². The van der Waals surface area contributed by atoms with Gasteiger partial charge in [-0.3, -0.25) is 19.7 Å². The second-order valence-electron chi connectivity index (χ2n) is 4.21. The van der Waals surface area contributed by atoms with E-state index in [9.17, 15) is 19.7 Å². The van der Waals surface area contributed by atoms with Crippen molar-refractivity contribution >= 4 is 28.3 Å². The Kier molecular flexibility index (Phi) is 6.92. The molecule has 0 radical (unpaired) electrons. The average molecular weight is 320 g/mol. The fourth-order valence-electron chi connectivity index (χ4n) is 1.49. The van der Waals surface area contributed by atoms with Crippen molar-refractivity contribution in [3.8, 4) is 0 Å². The van der Waals surface area contributed by atoms with Gasteiger partial charge >= 0.3 is 0 Å². The molecule has 0 saturated heterocycles. The van der Waals surface area contributed by atoms with Crippen molar-refractivity contribution in [1.29, 1.82) is 0 Å². The Morgan fingerprint density at radius 2 is 1.45 bits per heavy atom. The van der Waals surface area contributed by atoms with Gasteiger partial charge in [0, 0.05) is 29.7 Å². The number of halogens is 1. The zero-order chi connectivity index (χ0) is 16.5. The molecule has 0 bridgehead atoms. The summed E-state index contributed by atoms with van der Waals surface area (Å²) in [5.41, 5.74) is 0.998. The second-order valence-corrected chi connectivity index (χ2v) is 4.63. The zero-order valence-corrected chi connectivity index (χ0v) is 12.6. The van der Waals surface area contributed by atoms with Crippen LogP contribution in [0.4, 0.5) is 5.69 Å². The molecule has 2 aromatic rings. The monoisotopic (exact) mass is 319 g/mol. The summed E-state index contributed by atoms with van der Waals surface area (Å²) in [7, 11) is 0. The van der Waals surface area contributed by atoms with E-state index in [-0.39, 0.29) is 16.7 Å². The van der Waals surface area contributed by atoms with Crippen LogP contribution in [0.5, 0.6) is 0 Å². The highest BCUT2D eigenvalue weighted by atomic mass is 35.5. The molecule has 0 spiro atoms. The molecule has 0 N–H and O–H groups in total. The number of nitro benzene ring substituents is 1. The van der Waals surface area contributed by atoms with E-state index in [1.165, 1.54) is 24.3 Å². The number of benzene rings is 2. The molecule has 0 atom stereocenters. The highest BCUT2D eigenvalue weighted by Crippen LogP contribution is 2.15. The summed E-state index contributed by atoms with van der Waals surface area (Å²) >= 11 is 4.82. The fraction of sp³-hybridized carbons (Fsp3) is 0.125. The molecule has 0 aliphatic carbocycles. The van der Waals surface area contributed by atoms with Crippen molar-refractivity contribution in [2.45, 2.75) is 13.3 Å². The molecule has 0 aliphatic rings. The van der Waals surface area contributed by atoms with Gasteiger partial charge in [0.25, 0.3) is 5.69 Å². The summed E-state index contributed by atoms with van der Waals surface area (Å²) < 4.78 is 0. The van der Waals surface area contributed by atoms with Crippen molar-refractivity contribution in [1.82, 2.24) is 0 Å². The van der Waals surface area contributed by atoms with Crippen LogP contribution in [0.1, 0.15) is 29.3 Å². The summed E-state index contributed by atoms with van der Waals surface area (Å²) in [6, 6.07) is 14.4. The predicted octanol–water partition coefficient (Wildman–Crippen LogP) is 3.99. The molecule has 0 unspecified atom stereocenters. The standard InChI is InChI=1S/C13H9NO3.C3H5ClO/c15-13(10-4-2-1-3-5-10)11-6-8-12(9-7-11)14(16)17;1-2-3(4)5/h1-9H;2H2,1H3. The Balaban J connectivity index is 0.000000422. The predicted molar refractivity (Wildman–Crippen MR) is 84.1 cm³/mol. The SMILES string of the molecule is CCC(=O)Cl.O=C(c1ccccc1)c1ccc([N+](=O)[O-])cc1. The van der Waals surface area contributed by atoms with E-state index in [1.54, 1.807) is 31.2 Å². The van der Waals surface area contributed by atoms with Crippen LogP contribution >= 0.6 is 11.6 Å². The topological polar surface area (TPSA) is 77.3 Å². The van der Waals surface area contributed by atoms with Gasteiger partial charge in [-0.05, 0) is 23.7 Å². The molecule has 0 fully saturated rings. The van der Waals surface area contributed by atoms with Crippen LogP contribution in [0.25, 0.3) is 0 Å². The molecule has 0 aromatic heterocycles. The number of hydrogen-bond acceptors (Lipinski definition) is 4. The lowest BCUT2D eigenvalue weighted by Gasteiger charge is -2.00. The van der Waals surface area contributed by atoms with Crippen molar-refractivity contribution in [2.75, 3.05) is 0 Å². The quantitative estimate of drug-likeness (QED) is 0.369. The number of hydrogen-bond donors (Lipinski definition) is 0. The minimum absolute atomic E-state index is 0.0189. The summed E-state index contributed by atoms with van der Waals surface area (Å²) in [4.78, 5) is 31.5. The summed E-state index contributed by atoms with van der Waals surface area (Å²) in [6.07, 6.45) is 0.432. The second kappa shape index (κ2) is 8.69. The fourth-order valence-corrected chi connectivity index (χ4v) is 1.49. The summed E-state index contributed by atoms with van der Waals surface area (Å²) in [6.45, 7) is 1.72. The zero-order valence-electron chi connectivity index (χ0n) is 11.9. The van der Waals surface area contributed by atoms with Gasteiger partial charge in [0.15, 0.2) is 5.78 Å². The molecular weight excluding hydrogens is 306 g/mol. The first-order valence-electron chi connectivity index (χ1n) is 6.48. The Labute approximate surface area is 132 Å². The molecule has 6 heteroatoms.